The van der Waals surface area contributed by atoms with E-state index in [1.54, 1.807) is 20.8 Å². The van der Waals surface area contributed by atoms with Crippen LogP contribution in [0.1, 0.15) is 42.3 Å². The van der Waals surface area contributed by atoms with E-state index in [-0.39, 0.29) is 12.1 Å². The lowest BCUT2D eigenvalue weighted by atomic mass is 10.0. The van der Waals surface area contributed by atoms with E-state index in [2.05, 4.69) is 0 Å². The van der Waals surface area contributed by atoms with Gasteiger partial charge in [-0.3, -0.25) is 9.59 Å². The van der Waals surface area contributed by atoms with Gasteiger partial charge >= 0.3 is 11.9 Å². The molecule has 0 saturated carbocycles. The lowest BCUT2D eigenvalue weighted by molar-refractivity contribution is -0.155. The number of nitrogens with zero attached hydrogens (tertiary/aromatic N) is 1. The highest BCUT2D eigenvalue weighted by Gasteiger charge is 2.20. The third-order valence-corrected chi connectivity index (χ3v) is 3.59. The van der Waals surface area contributed by atoms with Gasteiger partial charge in [-0.15, -0.1) is 0 Å². The van der Waals surface area contributed by atoms with Gasteiger partial charge in [0, 0.05) is 6.20 Å². The minimum absolute atomic E-state index is 0.352. The molecule has 0 aliphatic heterocycles. The molecule has 0 spiro atoms. The highest BCUT2D eigenvalue weighted by molar-refractivity contribution is 5.89. The van der Waals surface area contributed by atoms with Gasteiger partial charge in [-0.1, -0.05) is 29.3 Å². The maximum absolute atomic E-state index is 12.4. The molecule has 0 saturated heterocycles. The van der Waals surface area contributed by atoms with Crippen molar-refractivity contribution in [2.45, 2.75) is 46.8 Å². The van der Waals surface area contributed by atoms with Crippen LogP contribution in [0, 0.1) is 13.8 Å². The summed E-state index contributed by atoms with van der Waals surface area (Å²) in [6.07, 6.45) is 1.49. The summed E-state index contributed by atoms with van der Waals surface area (Å²) in [6.45, 7) is 8.69. The van der Waals surface area contributed by atoms with Crippen molar-refractivity contribution in [2.24, 2.45) is 0 Å². The number of ether oxygens (including phenoxy) is 1. The monoisotopic (exact) mass is 357 g/mol. The van der Waals surface area contributed by atoms with E-state index in [0.29, 0.717) is 5.56 Å². The minimum Gasteiger partial charge on any atom is -0.477 e. The average Bonchev–Trinajstić information content (AvgIpc) is 2.45. The first kappa shape index (κ1) is 19.4. The van der Waals surface area contributed by atoms with E-state index in [9.17, 15) is 19.5 Å². The largest absolute Gasteiger partial charge is 0.477 e. The summed E-state index contributed by atoms with van der Waals surface area (Å²) >= 11 is 0. The summed E-state index contributed by atoms with van der Waals surface area (Å²) in [5, 5.41) is 9.36. The fourth-order valence-corrected chi connectivity index (χ4v) is 2.72. The third kappa shape index (κ3) is 4.81. The molecule has 2 rings (SSSR count). The number of carboxylic acid groups (broad SMARTS) is 1. The summed E-state index contributed by atoms with van der Waals surface area (Å²) in [6, 6.07) is 7.13. The van der Waals surface area contributed by atoms with Crippen molar-refractivity contribution in [1.29, 1.82) is 0 Å². The molecule has 6 heteroatoms. The Balaban J connectivity index is 2.54. The van der Waals surface area contributed by atoms with Crippen LogP contribution in [0.4, 0.5) is 0 Å². The smallest absolute Gasteiger partial charge is 0.341 e. The first-order valence-corrected chi connectivity index (χ1v) is 8.24. The molecule has 0 radical (unpaired) electrons. The Kier molecular flexibility index (Phi) is 5.35. The van der Waals surface area contributed by atoms with E-state index in [4.69, 9.17) is 4.74 Å². The van der Waals surface area contributed by atoms with Gasteiger partial charge in [0.05, 0.1) is 0 Å². The fraction of sp³-hybridized carbons (Fsp3) is 0.350. The standard InChI is InChI=1S/C20H23NO5/c1-12-6-13(2)8-14(7-12)15-9-16(19(24)25)18(23)21(10-15)11-17(22)26-20(3,4)5/h6-10H,11H2,1-5H3,(H,24,25). The third-order valence-electron chi connectivity index (χ3n) is 3.59. The molecule has 0 aliphatic carbocycles. The van der Waals surface area contributed by atoms with Crippen LogP contribution in [-0.2, 0) is 16.1 Å². The van der Waals surface area contributed by atoms with Gasteiger partial charge in [-0.25, -0.2) is 4.79 Å². The Morgan fingerprint density at radius 3 is 2.12 bits per heavy atom. The minimum atomic E-state index is -1.33. The molecule has 1 N–H and O–H groups in total. The van der Waals surface area contributed by atoms with Crippen molar-refractivity contribution in [3.63, 3.8) is 0 Å². The topological polar surface area (TPSA) is 85.6 Å². The molecule has 138 valence electrons. The second-order valence-electron chi connectivity index (χ2n) is 7.34. The quantitative estimate of drug-likeness (QED) is 0.850. The van der Waals surface area contributed by atoms with Crippen LogP contribution in [0.2, 0.25) is 0 Å². The molecule has 0 amide bonds. The molecule has 6 nitrogen and oxygen atoms in total. The van der Waals surface area contributed by atoms with Crippen LogP contribution in [-0.4, -0.2) is 27.2 Å². The average molecular weight is 357 g/mol. The summed E-state index contributed by atoms with van der Waals surface area (Å²) in [5.41, 5.74) is 1.55. The first-order chi connectivity index (χ1) is 12.0. The lowest BCUT2D eigenvalue weighted by Crippen LogP contribution is -2.32. The molecule has 26 heavy (non-hydrogen) atoms. The zero-order valence-electron chi connectivity index (χ0n) is 15.6. The molecule has 2 aromatic rings. The van der Waals surface area contributed by atoms with Crippen LogP contribution in [0.5, 0.6) is 0 Å². The first-order valence-electron chi connectivity index (χ1n) is 8.24. The van der Waals surface area contributed by atoms with Gasteiger partial charge in [0.1, 0.15) is 17.7 Å². The van der Waals surface area contributed by atoms with E-state index in [1.165, 1.54) is 12.3 Å². The van der Waals surface area contributed by atoms with Crippen molar-refractivity contribution in [3.8, 4) is 11.1 Å². The fourth-order valence-electron chi connectivity index (χ4n) is 2.72. The molecule has 0 unspecified atom stereocenters. The zero-order valence-corrected chi connectivity index (χ0v) is 15.6. The maximum atomic E-state index is 12.4. The molecule has 1 aromatic carbocycles. The molecule has 0 atom stereocenters. The van der Waals surface area contributed by atoms with Crippen LogP contribution >= 0.6 is 0 Å². The van der Waals surface area contributed by atoms with Gasteiger partial charge < -0.3 is 14.4 Å². The summed E-state index contributed by atoms with van der Waals surface area (Å²) in [7, 11) is 0. The SMILES string of the molecule is Cc1cc(C)cc(-c2cc(C(=O)O)c(=O)n(CC(=O)OC(C)(C)C)c2)c1. The van der Waals surface area contributed by atoms with E-state index < -0.39 is 23.1 Å². The predicted octanol–water partition coefficient (Wildman–Crippen LogP) is 3.17. The number of hydrogen-bond acceptors (Lipinski definition) is 4. The molecule has 1 aromatic heterocycles. The number of carboxylic acids is 1. The number of rotatable bonds is 4. The second kappa shape index (κ2) is 7.15. The van der Waals surface area contributed by atoms with Crippen LogP contribution < -0.4 is 5.56 Å². The van der Waals surface area contributed by atoms with Crippen LogP contribution in [0.15, 0.2) is 35.3 Å². The molecular weight excluding hydrogens is 334 g/mol. The Morgan fingerprint density at radius 1 is 1.04 bits per heavy atom. The number of carbonyl (C=O) groups excluding carboxylic acids is 1. The molecule has 1 heterocycles. The number of hydrogen-bond donors (Lipinski definition) is 1. The maximum Gasteiger partial charge on any atom is 0.341 e. The lowest BCUT2D eigenvalue weighted by Gasteiger charge is -2.20. The molecule has 0 bridgehead atoms. The predicted molar refractivity (Wildman–Crippen MR) is 98.4 cm³/mol. The summed E-state index contributed by atoms with van der Waals surface area (Å²) in [5.74, 6) is -1.94. The van der Waals surface area contributed by atoms with Crippen molar-refractivity contribution >= 4 is 11.9 Å². The summed E-state index contributed by atoms with van der Waals surface area (Å²) in [4.78, 5) is 36.0. The normalized spacial score (nSPS) is 11.3. The Hall–Kier alpha value is -2.89. The van der Waals surface area contributed by atoms with Crippen molar-refractivity contribution in [1.82, 2.24) is 4.57 Å². The number of esters is 1. The van der Waals surface area contributed by atoms with Gasteiger partial charge in [0.25, 0.3) is 5.56 Å². The second-order valence-corrected chi connectivity index (χ2v) is 7.34. The highest BCUT2D eigenvalue weighted by Crippen LogP contribution is 2.22. The number of benzene rings is 1. The van der Waals surface area contributed by atoms with Crippen molar-refractivity contribution in [3.05, 3.63) is 57.5 Å². The van der Waals surface area contributed by atoms with E-state index in [0.717, 1.165) is 21.3 Å². The van der Waals surface area contributed by atoms with Gasteiger partial charge in [0.2, 0.25) is 0 Å². The van der Waals surface area contributed by atoms with Gasteiger partial charge in [0.15, 0.2) is 0 Å². The van der Waals surface area contributed by atoms with Crippen molar-refractivity contribution < 1.29 is 19.4 Å². The van der Waals surface area contributed by atoms with Crippen LogP contribution in [0.3, 0.4) is 0 Å². The Labute approximate surface area is 152 Å². The van der Waals surface area contributed by atoms with Gasteiger partial charge in [-0.2, -0.15) is 0 Å². The number of aromatic carboxylic acids is 1. The Morgan fingerprint density at radius 2 is 1.62 bits per heavy atom. The molecular formula is C20H23NO5. The van der Waals surface area contributed by atoms with E-state index in [1.807, 2.05) is 32.0 Å². The number of aromatic nitrogens is 1. The summed E-state index contributed by atoms with van der Waals surface area (Å²) < 4.78 is 6.32. The zero-order chi connectivity index (χ0) is 19.6. The number of carbonyl (C=O) groups is 2. The van der Waals surface area contributed by atoms with Crippen molar-refractivity contribution in [2.75, 3.05) is 0 Å². The van der Waals surface area contributed by atoms with Crippen LogP contribution in [0.25, 0.3) is 11.1 Å². The number of pyridine rings is 1. The number of aryl methyl sites for hydroxylation is 2. The van der Waals surface area contributed by atoms with E-state index >= 15 is 0 Å². The Bertz CT molecular complexity index is 899. The molecule has 0 aliphatic rings. The molecule has 0 fully saturated rings. The van der Waals surface area contributed by atoms with Gasteiger partial charge in [-0.05, 0) is 51.8 Å². The highest BCUT2D eigenvalue weighted by atomic mass is 16.6.